The van der Waals surface area contributed by atoms with Crippen LogP contribution in [0.3, 0.4) is 0 Å². The minimum atomic E-state index is -0.557. The molecule has 0 bridgehead atoms. The number of aliphatic hydroxyl groups is 1. The fourth-order valence-electron chi connectivity index (χ4n) is 3.05. The summed E-state index contributed by atoms with van der Waals surface area (Å²) in [4.78, 5) is 19.2. The van der Waals surface area contributed by atoms with Crippen LogP contribution in [0.5, 0.6) is 0 Å². The van der Waals surface area contributed by atoms with Gasteiger partial charge in [0.05, 0.1) is 18.7 Å². The molecular formula is C21H34N4O3. The Bertz CT molecular complexity index is 635. The average Bonchev–Trinajstić information content (AvgIpc) is 2.64. The van der Waals surface area contributed by atoms with Crippen LogP contribution in [0.15, 0.2) is 35.3 Å². The maximum Gasteiger partial charge on any atom is 0.408 e. The lowest BCUT2D eigenvalue weighted by Gasteiger charge is -2.32. The van der Waals surface area contributed by atoms with Crippen LogP contribution in [0.25, 0.3) is 0 Å². The second-order valence-electron chi connectivity index (χ2n) is 8.02. The second kappa shape index (κ2) is 10.3. The lowest BCUT2D eigenvalue weighted by Crippen LogP contribution is -2.47. The van der Waals surface area contributed by atoms with E-state index >= 15 is 0 Å². The van der Waals surface area contributed by atoms with Crippen molar-refractivity contribution in [3.8, 4) is 0 Å². The van der Waals surface area contributed by atoms with E-state index in [2.05, 4.69) is 15.5 Å². The summed E-state index contributed by atoms with van der Waals surface area (Å²) in [7, 11) is 0. The van der Waals surface area contributed by atoms with Gasteiger partial charge in [0, 0.05) is 19.6 Å². The fraction of sp³-hybridized carbons (Fsp3) is 0.619. The Morgan fingerprint density at radius 3 is 2.50 bits per heavy atom. The van der Waals surface area contributed by atoms with Gasteiger partial charge in [-0.15, -0.1) is 0 Å². The van der Waals surface area contributed by atoms with Crippen molar-refractivity contribution in [2.45, 2.75) is 58.3 Å². The van der Waals surface area contributed by atoms with Gasteiger partial charge in [0.15, 0.2) is 5.96 Å². The number of guanidine groups is 1. The van der Waals surface area contributed by atoms with Gasteiger partial charge in [-0.05, 0) is 46.1 Å². The quantitative estimate of drug-likeness (QED) is 0.532. The molecule has 0 radical (unpaired) electrons. The SMILES string of the molecule is CCNC(=NCC(NC(=O)OC(C)(C)C)c1ccccc1)N1CCC(O)CC1. The topological polar surface area (TPSA) is 86.2 Å². The summed E-state index contributed by atoms with van der Waals surface area (Å²) in [5.41, 5.74) is 0.417. The maximum absolute atomic E-state index is 12.3. The standard InChI is InChI=1S/C21H34N4O3/c1-5-22-19(25-13-11-17(26)12-14-25)23-15-18(16-9-7-6-8-10-16)24-20(27)28-21(2,3)4/h6-10,17-18,26H,5,11-15H2,1-4H3,(H,22,23)(H,24,27). The number of aliphatic hydroxyl groups excluding tert-OH is 1. The molecule has 1 unspecified atom stereocenters. The Hall–Kier alpha value is -2.28. The van der Waals surface area contributed by atoms with Gasteiger partial charge >= 0.3 is 6.09 Å². The Balaban J connectivity index is 2.13. The lowest BCUT2D eigenvalue weighted by molar-refractivity contribution is 0.0505. The molecule has 0 aromatic heterocycles. The Labute approximate surface area is 168 Å². The van der Waals surface area contributed by atoms with E-state index in [1.54, 1.807) is 0 Å². The minimum Gasteiger partial charge on any atom is -0.444 e. The Kier molecular flexibility index (Phi) is 8.11. The number of amides is 1. The van der Waals surface area contributed by atoms with E-state index in [1.165, 1.54) is 0 Å². The van der Waals surface area contributed by atoms with Crippen LogP contribution in [0.4, 0.5) is 4.79 Å². The van der Waals surface area contributed by atoms with Crippen LogP contribution in [0.2, 0.25) is 0 Å². The zero-order chi connectivity index (χ0) is 20.6. The molecule has 1 saturated heterocycles. The van der Waals surface area contributed by atoms with Gasteiger partial charge in [-0.3, -0.25) is 4.99 Å². The molecule has 0 saturated carbocycles. The number of rotatable bonds is 5. The largest absolute Gasteiger partial charge is 0.444 e. The van der Waals surface area contributed by atoms with E-state index < -0.39 is 11.7 Å². The average molecular weight is 391 g/mol. The fourth-order valence-corrected chi connectivity index (χ4v) is 3.05. The third-order valence-electron chi connectivity index (χ3n) is 4.42. The summed E-state index contributed by atoms with van der Waals surface area (Å²) in [6.45, 7) is 10.2. The first-order valence-electron chi connectivity index (χ1n) is 10.0. The molecule has 1 amide bonds. The molecule has 28 heavy (non-hydrogen) atoms. The first kappa shape index (κ1) is 22.0. The summed E-state index contributed by atoms with van der Waals surface area (Å²) < 4.78 is 5.42. The normalized spacial score (nSPS) is 17.2. The molecule has 7 nitrogen and oxygen atoms in total. The molecule has 3 N–H and O–H groups in total. The van der Waals surface area contributed by atoms with E-state index in [4.69, 9.17) is 9.73 Å². The molecule has 1 aromatic rings. The third-order valence-corrected chi connectivity index (χ3v) is 4.42. The number of hydrogen-bond donors (Lipinski definition) is 3. The van der Waals surface area contributed by atoms with Gasteiger partial charge < -0.3 is 25.4 Å². The van der Waals surface area contributed by atoms with Crippen molar-refractivity contribution in [2.75, 3.05) is 26.2 Å². The number of carbonyl (C=O) groups is 1. The number of nitrogens with zero attached hydrogens (tertiary/aromatic N) is 2. The predicted octanol–water partition coefficient (Wildman–Crippen LogP) is 2.67. The monoisotopic (exact) mass is 390 g/mol. The first-order valence-corrected chi connectivity index (χ1v) is 10.0. The van der Waals surface area contributed by atoms with Gasteiger partial charge in [-0.25, -0.2) is 4.79 Å². The van der Waals surface area contributed by atoms with Gasteiger partial charge in [0.1, 0.15) is 5.60 Å². The number of benzene rings is 1. The molecule has 1 aliphatic heterocycles. The molecule has 1 fully saturated rings. The highest BCUT2D eigenvalue weighted by molar-refractivity contribution is 5.80. The molecule has 156 valence electrons. The number of aliphatic imine (C=N–C) groups is 1. The van der Waals surface area contributed by atoms with Crippen LogP contribution in [-0.2, 0) is 4.74 Å². The third kappa shape index (κ3) is 7.38. The lowest BCUT2D eigenvalue weighted by atomic mass is 10.1. The van der Waals surface area contributed by atoms with Crippen molar-refractivity contribution >= 4 is 12.1 Å². The van der Waals surface area contributed by atoms with Gasteiger partial charge in [0.2, 0.25) is 0 Å². The van der Waals surface area contributed by atoms with Gasteiger partial charge in [0.25, 0.3) is 0 Å². The first-order chi connectivity index (χ1) is 13.3. The van der Waals surface area contributed by atoms with Crippen molar-refractivity contribution < 1.29 is 14.6 Å². The highest BCUT2D eigenvalue weighted by Crippen LogP contribution is 2.16. The van der Waals surface area contributed by atoms with Crippen LogP contribution >= 0.6 is 0 Å². The van der Waals surface area contributed by atoms with Crippen molar-refractivity contribution in [3.63, 3.8) is 0 Å². The number of hydrogen-bond acceptors (Lipinski definition) is 4. The van der Waals surface area contributed by atoms with E-state index in [1.807, 2.05) is 58.0 Å². The predicted molar refractivity (Wildman–Crippen MR) is 111 cm³/mol. The molecule has 1 aliphatic rings. The number of ether oxygens (including phenoxy) is 1. The number of piperidine rings is 1. The Morgan fingerprint density at radius 2 is 1.93 bits per heavy atom. The molecule has 1 atom stereocenters. The molecule has 7 heteroatoms. The van der Waals surface area contributed by atoms with E-state index in [-0.39, 0.29) is 12.1 Å². The van der Waals surface area contributed by atoms with Crippen LogP contribution in [-0.4, -0.2) is 59.9 Å². The molecule has 1 aromatic carbocycles. The molecule has 0 aliphatic carbocycles. The maximum atomic E-state index is 12.3. The van der Waals surface area contributed by atoms with E-state index in [0.717, 1.165) is 44.0 Å². The number of carbonyl (C=O) groups excluding carboxylic acids is 1. The van der Waals surface area contributed by atoms with E-state index in [9.17, 15) is 9.90 Å². The second-order valence-corrected chi connectivity index (χ2v) is 8.02. The van der Waals surface area contributed by atoms with Crippen molar-refractivity contribution in [3.05, 3.63) is 35.9 Å². The van der Waals surface area contributed by atoms with Gasteiger partial charge in [-0.1, -0.05) is 30.3 Å². The number of nitrogens with one attached hydrogen (secondary N) is 2. The Morgan fingerprint density at radius 1 is 1.29 bits per heavy atom. The highest BCUT2D eigenvalue weighted by atomic mass is 16.6. The molecule has 2 rings (SSSR count). The van der Waals surface area contributed by atoms with Gasteiger partial charge in [-0.2, -0.15) is 0 Å². The zero-order valence-electron chi connectivity index (χ0n) is 17.4. The molecular weight excluding hydrogens is 356 g/mol. The number of alkyl carbamates (subject to hydrolysis) is 1. The molecule has 0 spiro atoms. The molecule has 1 heterocycles. The summed E-state index contributed by atoms with van der Waals surface area (Å²) in [5, 5.41) is 16.0. The van der Waals surface area contributed by atoms with Crippen LogP contribution in [0, 0.1) is 0 Å². The summed E-state index contributed by atoms with van der Waals surface area (Å²) in [6, 6.07) is 9.49. The zero-order valence-corrected chi connectivity index (χ0v) is 17.4. The summed E-state index contributed by atoms with van der Waals surface area (Å²) in [6.07, 6.45) is 0.790. The smallest absolute Gasteiger partial charge is 0.408 e. The van der Waals surface area contributed by atoms with Crippen LogP contribution < -0.4 is 10.6 Å². The van der Waals surface area contributed by atoms with Crippen molar-refractivity contribution in [1.29, 1.82) is 0 Å². The van der Waals surface area contributed by atoms with Crippen molar-refractivity contribution in [1.82, 2.24) is 15.5 Å². The van der Waals surface area contributed by atoms with Crippen molar-refractivity contribution in [2.24, 2.45) is 4.99 Å². The summed E-state index contributed by atoms with van der Waals surface area (Å²) in [5.74, 6) is 0.807. The number of likely N-dealkylation sites (tertiary alicyclic amines) is 1. The van der Waals surface area contributed by atoms with E-state index in [0.29, 0.717) is 6.54 Å². The highest BCUT2D eigenvalue weighted by Gasteiger charge is 2.22. The minimum absolute atomic E-state index is 0.231. The summed E-state index contributed by atoms with van der Waals surface area (Å²) >= 11 is 0. The van der Waals surface area contributed by atoms with Crippen LogP contribution in [0.1, 0.15) is 52.1 Å².